The minimum atomic E-state index is 0.123. The number of pyridine rings is 1. The van der Waals surface area contributed by atoms with Gasteiger partial charge in [-0.1, -0.05) is 63.3 Å². The summed E-state index contributed by atoms with van der Waals surface area (Å²) in [5.41, 5.74) is 2.21. The molecule has 2 rings (SSSR count). The molecule has 0 saturated carbocycles. The fraction of sp³-hybridized carbons (Fsp3) is 0.476. The van der Waals surface area contributed by atoms with Crippen LogP contribution in [0.5, 0.6) is 0 Å². The summed E-state index contributed by atoms with van der Waals surface area (Å²) >= 11 is 0. The normalized spacial score (nSPS) is 11.6. The van der Waals surface area contributed by atoms with Crippen LogP contribution in [0.4, 0.5) is 0 Å². The van der Waals surface area contributed by atoms with Crippen molar-refractivity contribution in [3.05, 3.63) is 58.4 Å². The number of benzene rings is 1. The summed E-state index contributed by atoms with van der Waals surface area (Å²) in [4.78, 5) is 12.2. The van der Waals surface area contributed by atoms with E-state index in [9.17, 15) is 4.79 Å². The van der Waals surface area contributed by atoms with E-state index in [1.54, 1.807) is 6.07 Å². The van der Waals surface area contributed by atoms with Crippen LogP contribution in [-0.2, 0) is 13.5 Å². The van der Waals surface area contributed by atoms with Crippen LogP contribution in [0.1, 0.15) is 57.6 Å². The number of hydrogen-bond donors (Lipinski definition) is 0. The molecule has 0 aliphatic heterocycles. The molecule has 0 saturated heterocycles. The topological polar surface area (TPSA) is 22.0 Å². The Kier molecular flexibility index (Phi) is 7.12. The van der Waals surface area contributed by atoms with Crippen LogP contribution in [0.25, 0.3) is 10.9 Å². The maximum absolute atomic E-state index is 12.2. The zero-order valence-electron chi connectivity index (χ0n) is 14.6. The Hall–Kier alpha value is -1.83. The van der Waals surface area contributed by atoms with Crippen molar-refractivity contribution < 1.29 is 0 Å². The minimum Gasteiger partial charge on any atom is -0.347 e. The number of para-hydroxylation sites is 1. The van der Waals surface area contributed by atoms with Crippen LogP contribution >= 0.6 is 0 Å². The fourth-order valence-corrected chi connectivity index (χ4v) is 3.02. The molecule has 0 fully saturated rings. The standard InChI is InChI=1S/C21H29NO/c1-3-4-5-6-7-8-9-10-11-14-18-17-21(23)19-15-12-13-16-20(19)22(18)2/h10-13,15-17H,3-9,14H2,1-2H3/b11-10+. The van der Waals surface area contributed by atoms with Crippen molar-refractivity contribution >= 4 is 10.9 Å². The van der Waals surface area contributed by atoms with E-state index in [4.69, 9.17) is 0 Å². The SMILES string of the molecule is CCCCCCCC/C=C/Cc1cc(=O)c2ccccc2n1C. The van der Waals surface area contributed by atoms with E-state index in [1.165, 1.54) is 38.5 Å². The number of hydrogen-bond acceptors (Lipinski definition) is 1. The highest BCUT2D eigenvalue weighted by Gasteiger charge is 2.04. The molecular weight excluding hydrogens is 282 g/mol. The number of fused-ring (bicyclic) bond motifs is 1. The Morgan fingerprint density at radius 3 is 2.57 bits per heavy atom. The van der Waals surface area contributed by atoms with Gasteiger partial charge in [-0.15, -0.1) is 0 Å². The van der Waals surface area contributed by atoms with Gasteiger partial charge in [0.15, 0.2) is 5.43 Å². The number of aromatic nitrogens is 1. The first-order valence-electron chi connectivity index (χ1n) is 8.96. The van der Waals surface area contributed by atoms with Gasteiger partial charge in [-0.25, -0.2) is 0 Å². The van der Waals surface area contributed by atoms with Crippen molar-refractivity contribution in [1.29, 1.82) is 0 Å². The van der Waals surface area contributed by atoms with Crippen LogP contribution < -0.4 is 5.43 Å². The van der Waals surface area contributed by atoms with Crippen molar-refractivity contribution in [2.24, 2.45) is 7.05 Å². The van der Waals surface area contributed by atoms with Crippen molar-refractivity contribution in [3.63, 3.8) is 0 Å². The molecule has 0 amide bonds. The quantitative estimate of drug-likeness (QED) is 0.449. The average Bonchev–Trinajstić information content (AvgIpc) is 2.57. The zero-order chi connectivity index (χ0) is 16.5. The van der Waals surface area contributed by atoms with E-state index < -0.39 is 0 Å². The highest BCUT2D eigenvalue weighted by molar-refractivity contribution is 5.79. The van der Waals surface area contributed by atoms with Crippen molar-refractivity contribution in [2.45, 2.75) is 58.3 Å². The maximum Gasteiger partial charge on any atom is 0.189 e. The van der Waals surface area contributed by atoms with Gasteiger partial charge in [-0.3, -0.25) is 4.79 Å². The van der Waals surface area contributed by atoms with Gasteiger partial charge in [-0.05, 0) is 25.0 Å². The van der Waals surface area contributed by atoms with E-state index in [2.05, 4.69) is 23.6 Å². The second kappa shape index (κ2) is 9.34. The van der Waals surface area contributed by atoms with Gasteiger partial charge in [0.2, 0.25) is 0 Å². The summed E-state index contributed by atoms with van der Waals surface area (Å²) < 4.78 is 2.13. The van der Waals surface area contributed by atoms with Gasteiger partial charge in [-0.2, -0.15) is 0 Å². The molecule has 23 heavy (non-hydrogen) atoms. The lowest BCUT2D eigenvalue weighted by Gasteiger charge is -2.10. The molecule has 0 aliphatic rings. The molecule has 2 heteroatoms. The Morgan fingerprint density at radius 2 is 1.74 bits per heavy atom. The summed E-state index contributed by atoms with van der Waals surface area (Å²) in [7, 11) is 2.04. The molecule has 0 unspecified atom stereocenters. The molecule has 1 heterocycles. The van der Waals surface area contributed by atoms with Gasteiger partial charge < -0.3 is 4.57 Å². The van der Waals surface area contributed by atoms with E-state index in [-0.39, 0.29) is 5.43 Å². The largest absolute Gasteiger partial charge is 0.347 e. The minimum absolute atomic E-state index is 0.123. The van der Waals surface area contributed by atoms with Crippen LogP contribution in [0, 0.1) is 0 Å². The van der Waals surface area contributed by atoms with Crippen LogP contribution in [-0.4, -0.2) is 4.57 Å². The first kappa shape index (κ1) is 17.5. The summed E-state index contributed by atoms with van der Waals surface area (Å²) in [6.45, 7) is 2.25. The van der Waals surface area contributed by atoms with E-state index in [0.717, 1.165) is 29.4 Å². The predicted octanol–water partition coefficient (Wildman–Crippen LogP) is 5.39. The van der Waals surface area contributed by atoms with Crippen molar-refractivity contribution in [3.8, 4) is 0 Å². The molecule has 2 nitrogen and oxygen atoms in total. The molecule has 0 spiro atoms. The van der Waals surface area contributed by atoms with Gasteiger partial charge in [0.1, 0.15) is 0 Å². The monoisotopic (exact) mass is 311 g/mol. The van der Waals surface area contributed by atoms with E-state index in [0.29, 0.717) is 0 Å². The van der Waals surface area contributed by atoms with Gasteiger partial charge >= 0.3 is 0 Å². The summed E-state index contributed by atoms with van der Waals surface area (Å²) in [5, 5.41) is 0.801. The average molecular weight is 311 g/mol. The molecule has 1 aromatic carbocycles. The number of allylic oxidation sites excluding steroid dienone is 2. The van der Waals surface area contributed by atoms with Gasteiger partial charge in [0, 0.05) is 30.6 Å². The number of rotatable bonds is 9. The zero-order valence-corrected chi connectivity index (χ0v) is 14.6. The Labute approximate surface area is 139 Å². The third-order valence-electron chi connectivity index (χ3n) is 4.48. The molecule has 0 atom stereocenters. The highest BCUT2D eigenvalue weighted by atomic mass is 16.1. The summed E-state index contributed by atoms with van der Waals surface area (Å²) in [6.07, 6.45) is 14.5. The first-order valence-corrected chi connectivity index (χ1v) is 8.96. The smallest absolute Gasteiger partial charge is 0.189 e. The van der Waals surface area contributed by atoms with E-state index >= 15 is 0 Å². The summed E-state index contributed by atoms with van der Waals surface area (Å²) in [5.74, 6) is 0. The first-order chi connectivity index (χ1) is 11.2. The Morgan fingerprint density at radius 1 is 1.00 bits per heavy atom. The van der Waals surface area contributed by atoms with E-state index in [1.807, 2.05) is 31.3 Å². The second-order valence-electron chi connectivity index (χ2n) is 6.31. The third-order valence-corrected chi connectivity index (χ3v) is 4.48. The fourth-order valence-electron chi connectivity index (χ4n) is 3.02. The van der Waals surface area contributed by atoms with Crippen molar-refractivity contribution in [1.82, 2.24) is 4.57 Å². The van der Waals surface area contributed by atoms with Crippen molar-refractivity contribution in [2.75, 3.05) is 0 Å². The molecule has 1 aromatic heterocycles. The lowest BCUT2D eigenvalue weighted by atomic mass is 10.1. The van der Waals surface area contributed by atoms with Crippen LogP contribution in [0.2, 0.25) is 0 Å². The number of nitrogens with zero attached hydrogens (tertiary/aromatic N) is 1. The Balaban J connectivity index is 1.86. The second-order valence-corrected chi connectivity index (χ2v) is 6.31. The Bertz CT molecular complexity index is 697. The predicted molar refractivity (Wildman–Crippen MR) is 100 cm³/mol. The molecule has 0 aliphatic carbocycles. The van der Waals surface area contributed by atoms with Crippen LogP contribution in [0.15, 0.2) is 47.3 Å². The molecule has 0 bridgehead atoms. The third kappa shape index (κ3) is 5.09. The lowest BCUT2D eigenvalue weighted by molar-refractivity contribution is 0.611. The van der Waals surface area contributed by atoms with Gasteiger partial charge in [0.05, 0.1) is 5.52 Å². The molecule has 0 radical (unpaired) electrons. The molecule has 0 N–H and O–H groups in total. The highest BCUT2D eigenvalue weighted by Crippen LogP contribution is 2.12. The number of unbranched alkanes of at least 4 members (excludes halogenated alkanes) is 6. The summed E-state index contributed by atoms with van der Waals surface area (Å²) in [6, 6.07) is 9.59. The maximum atomic E-state index is 12.2. The molecule has 2 aromatic rings. The molecular formula is C21H29NO. The molecule has 124 valence electrons. The van der Waals surface area contributed by atoms with Crippen LogP contribution in [0.3, 0.4) is 0 Å². The van der Waals surface area contributed by atoms with Gasteiger partial charge in [0.25, 0.3) is 0 Å². The number of aryl methyl sites for hydroxylation is 1. The lowest BCUT2D eigenvalue weighted by Crippen LogP contribution is -2.11.